The lowest BCUT2D eigenvalue weighted by atomic mass is 10.1. The minimum Gasteiger partial charge on any atom is -0.480 e. The van der Waals surface area contributed by atoms with E-state index in [2.05, 4.69) is 0 Å². The minimum absolute atomic E-state index is 0.0878. The number of carbonyl (C=O) groups is 3. The van der Waals surface area contributed by atoms with Gasteiger partial charge in [0.2, 0.25) is 0 Å². The number of amides is 2. The molecule has 1 aliphatic heterocycles. The molecule has 0 aromatic heterocycles. The van der Waals surface area contributed by atoms with Gasteiger partial charge in [0.1, 0.15) is 6.04 Å². The van der Waals surface area contributed by atoms with Crippen molar-refractivity contribution in [2.24, 2.45) is 0 Å². The molecule has 1 aromatic carbocycles. The summed E-state index contributed by atoms with van der Waals surface area (Å²) in [6.07, 6.45) is 2.00. The van der Waals surface area contributed by atoms with Crippen LogP contribution in [0.25, 0.3) is 0 Å². The number of rotatable bonds is 5. The number of fused-ring (bicyclic) bond motifs is 1. The Hall–Kier alpha value is -1.24. The second kappa shape index (κ2) is 6.25. The van der Waals surface area contributed by atoms with Crippen molar-refractivity contribution in [2.45, 2.75) is 12.5 Å². The molecule has 0 radical (unpaired) electrons. The smallest absolute Gasteiger partial charge is 0.326 e. The summed E-state index contributed by atoms with van der Waals surface area (Å²) >= 11 is 13.1. The monoisotopic (exact) mass is 347 g/mol. The van der Waals surface area contributed by atoms with Crippen LogP contribution in [0.4, 0.5) is 0 Å². The second-order valence-electron chi connectivity index (χ2n) is 4.43. The van der Waals surface area contributed by atoms with Gasteiger partial charge in [0, 0.05) is 0 Å². The highest BCUT2D eigenvalue weighted by atomic mass is 35.5. The van der Waals surface area contributed by atoms with E-state index in [9.17, 15) is 19.5 Å². The first-order valence-corrected chi connectivity index (χ1v) is 8.12. The van der Waals surface area contributed by atoms with E-state index in [-0.39, 0.29) is 27.6 Å². The predicted molar refractivity (Wildman–Crippen MR) is 81.4 cm³/mol. The van der Waals surface area contributed by atoms with Crippen molar-refractivity contribution in [3.8, 4) is 0 Å². The summed E-state index contributed by atoms with van der Waals surface area (Å²) in [7, 11) is 0. The molecule has 1 N–H and O–H groups in total. The molecule has 8 heteroatoms. The van der Waals surface area contributed by atoms with Crippen molar-refractivity contribution in [3.63, 3.8) is 0 Å². The Morgan fingerprint density at radius 2 is 1.71 bits per heavy atom. The van der Waals surface area contributed by atoms with Crippen LogP contribution in [0.3, 0.4) is 0 Å². The van der Waals surface area contributed by atoms with Crippen molar-refractivity contribution in [1.82, 2.24) is 4.90 Å². The van der Waals surface area contributed by atoms with Crippen molar-refractivity contribution in [3.05, 3.63) is 33.3 Å². The van der Waals surface area contributed by atoms with Crippen LogP contribution in [-0.2, 0) is 4.79 Å². The van der Waals surface area contributed by atoms with Crippen molar-refractivity contribution in [1.29, 1.82) is 0 Å². The molecule has 0 saturated carbocycles. The maximum absolute atomic E-state index is 12.3. The third kappa shape index (κ3) is 2.88. The summed E-state index contributed by atoms with van der Waals surface area (Å²) < 4.78 is 0. The van der Waals surface area contributed by atoms with E-state index in [1.165, 1.54) is 23.9 Å². The number of nitrogens with zero attached hydrogens (tertiary/aromatic N) is 1. The fraction of sp³-hybridized carbons (Fsp3) is 0.308. The van der Waals surface area contributed by atoms with E-state index in [1.807, 2.05) is 6.26 Å². The van der Waals surface area contributed by atoms with Crippen LogP contribution in [0.2, 0.25) is 10.0 Å². The summed E-state index contributed by atoms with van der Waals surface area (Å²) in [5, 5.41) is 9.57. The topological polar surface area (TPSA) is 74.7 Å². The second-order valence-corrected chi connectivity index (χ2v) is 6.23. The highest BCUT2D eigenvalue weighted by Gasteiger charge is 2.43. The van der Waals surface area contributed by atoms with Gasteiger partial charge in [0.15, 0.2) is 0 Å². The normalized spacial score (nSPS) is 15.3. The molecule has 21 heavy (non-hydrogen) atoms. The Bertz CT molecular complexity index is 594. The lowest BCUT2D eigenvalue weighted by molar-refractivity contribution is -0.141. The number of thioether (sulfide) groups is 1. The zero-order chi connectivity index (χ0) is 15.7. The van der Waals surface area contributed by atoms with Crippen molar-refractivity contribution in [2.75, 3.05) is 12.0 Å². The van der Waals surface area contributed by atoms with E-state index >= 15 is 0 Å². The SMILES string of the molecule is CSCC[C@@H](C(=O)O)N1C(=O)c2cc(Cl)c(Cl)cc2C1=O. The maximum Gasteiger partial charge on any atom is 0.326 e. The van der Waals surface area contributed by atoms with Gasteiger partial charge in [-0.15, -0.1) is 0 Å². The van der Waals surface area contributed by atoms with Crippen LogP contribution in [0.15, 0.2) is 12.1 Å². The number of hydrogen-bond donors (Lipinski definition) is 1. The van der Waals surface area contributed by atoms with Gasteiger partial charge in [-0.25, -0.2) is 4.79 Å². The molecule has 1 aromatic rings. The highest BCUT2D eigenvalue weighted by Crippen LogP contribution is 2.33. The number of benzene rings is 1. The summed E-state index contributed by atoms with van der Waals surface area (Å²) in [4.78, 5) is 36.8. The van der Waals surface area contributed by atoms with Crippen LogP contribution in [0.5, 0.6) is 0 Å². The Balaban J connectivity index is 2.42. The lowest BCUT2D eigenvalue weighted by Gasteiger charge is -2.22. The molecule has 0 spiro atoms. The number of imide groups is 1. The Morgan fingerprint density at radius 3 is 2.10 bits per heavy atom. The fourth-order valence-corrected chi connectivity index (χ4v) is 2.91. The van der Waals surface area contributed by atoms with Crippen LogP contribution in [0, 0.1) is 0 Å². The minimum atomic E-state index is -1.21. The van der Waals surface area contributed by atoms with Crippen molar-refractivity contribution >= 4 is 52.7 Å². The molecule has 5 nitrogen and oxygen atoms in total. The number of hydrogen-bond acceptors (Lipinski definition) is 4. The molecule has 2 rings (SSSR count). The van der Waals surface area contributed by atoms with E-state index in [1.54, 1.807) is 0 Å². The zero-order valence-electron chi connectivity index (χ0n) is 10.9. The molecule has 2 amide bonds. The van der Waals surface area contributed by atoms with E-state index < -0.39 is 23.8 Å². The fourth-order valence-electron chi connectivity index (χ4n) is 2.13. The number of halogens is 2. The average molecular weight is 348 g/mol. The molecule has 1 heterocycles. The van der Waals surface area contributed by atoms with Crippen molar-refractivity contribution < 1.29 is 19.5 Å². The van der Waals surface area contributed by atoms with E-state index in [0.29, 0.717) is 5.75 Å². The molecular formula is C13H11Cl2NO4S. The van der Waals surface area contributed by atoms with E-state index in [4.69, 9.17) is 23.2 Å². The van der Waals surface area contributed by atoms with Gasteiger partial charge in [-0.1, -0.05) is 23.2 Å². The Kier molecular flexibility index (Phi) is 4.81. The molecule has 0 aliphatic carbocycles. The molecule has 0 saturated heterocycles. The summed E-state index contributed by atoms with van der Waals surface area (Å²) in [5.41, 5.74) is 0.176. The molecular weight excluding hydrogens is 337 g/mol. The number of aliphatic carboxylic acids is 1. The quantitative estimate of drug-likeness (QED) is 0.829. The molecule has 1 aliphatic rings. The molecule has 112 valence electrons. The summed E-state index contributed by atoms with van der Waals surface area (Å²) in [6.45, 7) is 0. The predicted octanol–water partition coefficient (Wildman–Crippen LogP) is 2.80. The molecule has 0 unspecified atom stereocenters. The Morgan fingerprint density at radius 1 is 1.24 bits per heavy atom. The number of carboxylic acid groups (broad SMARTS) is 1. The van der Waals surface area contributed by atoms with E-state index in [0.717, 1.165) is 4.90 Å². The standard InChI is InChI=1S/C13H11Cl2NO4S/c1-21-3-2-10(13(19)20)16-11(17)6-4-8(14)9(15)5-7(6)12(16)18/h4-5,10H,2-3H2,1H3,(H,19,20)/t10-/m0/s1. The average Bonchev–Trinajstić information content (AvgIpc) is 2.65. The maximum atomic E-state index is 12.3. The van der Waals surface area contributed by atoms with Crippen LogP contribution >= 0.6 is 35.0 Å². The first-order chi connectivity index (χ1) is 9.88. The Labute approximate surface area is 135 Å². The summed E-state index contributed by atoms with van der Waals surface area (Å²) in [6, 6.07) is 1.40. The van der Waals surface area contributed by atoms with Crippen LogP contribution in [0.1, 0.15) is 27.1 Å². The first-order valence-electron chi connectivity index (χ1n) is 5.97. The van der Waals surface area contributed by atoms with Gasteiger partial charge in [0.05, 0.1) is 21.2 Å². The van der Waals surface area contributed by atoms with Gasteiger partial charge < -0.3 is 5.11 Å². The van der Waals surface area contributed by atoms with Gasteiger partial charge in [-0.3, -0.25) is 14.5 Å². The molecule has 0 fully saturated rings. The summed E-state index contributed by atoms with van der Waals surface area (Å²) in [5.74, 6) is -1.99. The number of carboxylic acids is 1. The lowest BCUT2D eigenvalue weighted by Crippen LogP contribution is -2.45. The molecule has 1 atom stereocenters. The van der Waals surface area contributed by atoms with Gasteiger partial charge in [0.25, 0.3) is 11.8 Å². The third-order valence-corrected chi connectivity index (χ3v) is 4.52. The van der Waals surface area contributed by atoms with Crippen LogP contribution < -0.4 is 0 Å². The largest absolute Gasteiger partial charge is 0.480 e. The third-order valence-electron chi connectivity index (χ3n) is 3.15. The first kappa shape index (κ1) is 16.1. The number of carbonyl (C=O) groups excluding carboxylic acids is 2. The van der Waals surface area contributed by atoms with Gasteiger partial charge in [-0.2, -0.15) is 11.8 Å². The highest BCUT2D eigenvalue weighted by molar-refractivity contribution is 7.98. The zero-order valence-corrected chi connectivity index (χ0v) is 13.3. The van der Waals surface area contributed by atoms with Gasteiger partial charge in [-0.05, 0) is 30.6 Å². The molecule has 0 bridgehead atoms. The van der Waals surface area contributed by atoms with Crippen LogP contribution in [-0.4, -0.2) is 45.8 Å². The van der Waals surface area contributed by atoms with Gasteiger partial charge >= 0.3 is 5.97 Å².